The quantitative estimate of drug-likeness (QED) is 0.507. The van der Waals surface area contributed by atoms with E-state index in [0.717, 1.165) is 11.1 Å². The van der Waals surface area contributed by atoms with Gasteiger partial charge >= 0.3 is 0 Å². The molecule has 0 saturated carbocycles. The van der Waals surface area contributed by atoms with Gasteiger partial charge in [-0.05, 0) is 17.0 Å². The second kappa shape index (κ2) is 7.61. The molecule has 0 fully saturated rings. The summed E-state index contributed by atoms with van der Waals surface area (Å²) in [6.07, 6.45) is 3.18. The number of nitrogens with zero attached hydrogens (tertiary/aromatic N) is 2. The number of aromatic nitrogens is 2. The highest BCUT2D eigenvalue weighted by Gasteiger charge is 2.12. The van der Waals surface area contributed by atoms with Crippen molar-refractivity contribution in [3.63, 3.8) is 0 Å². The second-order valence-corrected chi connectivity index (χ2v) is 7.39. The molecule has 0 aliphatic carbocycles. The maximum absolute atomic E-state index is 12.9. The lowest BCUT2D eigenvalue weighted by molar-refractivity contribution is 0.912. The van der Waals surface area contributed by atoms with Gasteiger partial charge in [0.05, 0.1) is 0 Å². The van der Waals surface area contributed by atoms with Crippen LogP contribution in [0.3, 0.4) is 0 Å². The molecule has 0 aliphatic heterocycles. The van der Waals surface area contributed by atoms with Crippen LogP contribution in [-0.2, 0) is 19.9 Å². The van der Waals surface area contributed by atoms with E-state index in [0.29, 0.717) is 28.2 Å². The minimum Gasteiger partial charge on any atom is -0.334 e. The molecule has 4 heteroatoms. The standard InChI is InChI=1S/C23H18N2OS/c1-25-16-19(15-18-11-6-3-7-12-18)21(26)22-23(25)24-20(27-22)14-8-13-17-9-4-2-5-10-17/h2-7,9-12,16H,13,15H2,1H3. The van der Waals surface area contributed by atoms with E-state index in [1.807, 2.05) is 66.3 Å². The number of hydrogen-bond donors (Lipinski definition) is 0. The molecular weight excluding hydrogens is 352 g/mol. The third kappa shape index (κ3) is 3.84. The molecule has 4 aromatic rings. The minimum absolute atomic E-state index is 0.0561. The first-order valence-electron chi connectivity index (χ1n) is 8.76. The molecule has 0 atom stereocenters. The summed E-state index contributed by atoms with van der Waals surface area (Å²) in [6, 6.07) is 20.2. The maximum Gasteiger partial charge on any atom is 0.204 e. The highest BCUT2D eigenvalue weighted by atomic mass is 32.1. The van der Waals surface area contributed by atoms with Crippen LogP contribution >= 0.6 is 11.3 Å². The number of rotatable bonds is 3. The van der Waals surface area contributed by atoms with Crippen molar-refractivity contribution in [2.45, 2.75) is 12.8 Å². The third-order valence-corrected chi connectivity index (χ3v) is 5.32. The summed E-state index contributed by atoms with van der Waals surface area (Å²) < 4.78 is 2.60. The van der Waals surface area contributed by atoms with Gasteiger partial charge in [-0.2, -0.15) is 0 Å². The Morgan fingerprint density at radius 2 is 1.67 bits per heavy atom. The van der Waals surface area contributed by atoms with E-state index in [-0.39, 0.29) is 5.43 Å². The molecule has 3 nitrogen and oxygen atoms in total. The Balaban J connectivity index is 1.65. The molecular formula is C23H18N2OS. The van der Waals surface area contributed by atoms with Gasteiger partial charge in [0.2, 0.25) is 5.43 Å². The Bertz CT molecular complexity index is 1200. The average Bonchev–Trinajstić information content (AvgIpc) is 3.13. The molecule has 0 radical (unpaired) electrons. The van der Waals surface area contributed by atoms with Crippen molar-refractivity contribution in [3.8, 4) is 11.8 Å². The highest BCUT2D eigenvalue weighted by Crippen LogP contribution is 2.19. The molecule has 2 aromatic heterocycles. The molecule has 2 aromatic carbocycles. The fourth-order valence-corrected chi connectivity index (χ4v) is 3.96. The van der Waals surface area contributed by atoms with E-state index in [1.54, 1.807) is 0 Å². The molecule has 27 heavy (non-hydrogen) atoms. The first-order chi connectivity index (χ1) is 13.2. The summed E-state index contributed by atoms with van der Waals surface area (Å²) in [5.74, 6) is 6.27. The zero-order valence-electron chi connectivity index (χ0n) is 15.0. The summed E-state index contributed by atoms with van der Waals surface area (Å²) in [5.41, 5.74) is 3.84. The average molecular weight is 370 g/mol. The molecule has 0 aliphatic rings. The second-order valence-electron chi connectivity index (χ2n) is 6.39. The topological polar surface area (TPSA) is 34.9 Å². The van der Waals surface area contributed by atoms with Crippen LogP contribution in [0.5, 0.6) is 0 Å². The van der Waals surface area contributed by atoms with Crippen LogP contribution in [0, 0.1) is 11.8 Å². The molecule has 2 heterocycles. The number of thiazole rings is 1. The lowest BCUT2D eigenvalue weighted by atomic mass is 10.1. The molecule has 0 saturated heterocycles. The van der Waals surface area contributed by atoms with Crippen molar-refractivity contribution in [2.24, 2.45) is 7.05 Å². The number of fused-ring (bicyclic) bond motifs is 1. The van der Waals surface area contributed by atoms with Crippen LogP contribution in [0.15, 0.2) is 71.7 Å². The maximum atomic E-state index is 12.9. The summed E-state index contributed by atoms with van der Waals surface area (Å²) in [6.45, 7) is 0. The predicted molar refractivity (Wildman–Crippen MR) is 111 cm³/mol. The number of hydrogen-bond acceptors (Lipinski definition) is 3. The van der Waals surface area contributed by atoms with Crippen LogP contribution in [0.25, 0.3) is 10.3 Å². The number of benzene rings is 2. The zero-order valence-corrected chi connectivity index (χ0v) is 15.8. The summed E-state index contributed by atoms with van der Waals surface area (Å²) in [7, 11) is 1.93. The molecule has 0 spiro atoms. The molecule has 0 unspecified atom stereocenters. The van der Waals surface area contributed by atoms with E-state index < -0.39 is 0 Å². The van der Waals surface area contributed by atoms with Crippen molar-refractivity contribution >= 4 is 21.7 Å². The minimum atomic E-state index is 0.0561. The SMILES string of the molecule is Cn1cc(Cc2ccccc2)c(=O)c2sc(C#CCc3ccccc3)nc21. The van der Waals surface area contributed by atoms with Gasteiger partial charge < -0.3 is 4.57 Å². The van der Waals surface area contributed by atoms with E-state index in [2.05, 4.69) is 29.0 Å². The first-order valence-corrected chi connectivity index (χ1v) is 9.58. The van der Waals surface area contributed by atoms with Crippen molar-refractivity contribution in [1.82, 2.24) is 9.55 Å². The Hall–Kier alpha value is -3.16. The van der Waals surface area contributed by atoms with Crippen LogP contribution in [0.2, 0.25) is 0 Å². The van der Waals surface area contributed by atoms with Gasteiger partial charge in [-0.1, -0.05) is 77.9 Å². The van der Waals surface area contributed by atoms with Crippen molar-refractivity contribution in [3.05, 3.63) is 98.8 Å². The predicted octanol–water partition coefficient (Wildman–Crippen LogP) is 4.18. The van der Waals surface area contributed by atoms with Crippen LogP contribution < -0.4 is 5.43 Å². The largest absolute Gasteiger partial charge is 0.334 e. The lowest BCUT2D eigenvalue weighted by Crippen LogP contribution is -2.12. The third-order valence-electron chi connectivity index (χ3n) is 4.36. The fourth-order valence-electron chi connectivity index (χ4n) is 3.01. The monoisotopic (exact) mass is 370 g/mol. The lowest BCUT2D eigenvalue weighted by Gasteiger charge is -2.05. The van der Waals surface area contributed by atoms with Gasteiger partial charge in [0.1, 0.15) is 4.70 Å². The zero-order chi connectivity index (χ0) is 18.6. The Kier molecular flexibility index (Phi) is 4.86. The van der Waals surface area contributed by atoms with Crippen molar-refractivity contribution in [2.75, 3.05) is 0 Å². The van der Waals surface area contributed by atoms with E-state index >= 15 is 0 Å². The number of aryl methyl sites for hydroxylation is 1. The van der Waals surface area contributed by atoms with Crippen LogP contribution in [-0.4, -0.2) is 9.55 Å². The van der Waals surface area contributed by atoms with Crippen molar-refractivity contribution < 1.29 is 0 Å². The Morgan fingerprint density at radius 1 is 1.00 bits per heavy atom. The van der Waals surface area contributed by atoms with Gasteiger partial charge in [0.15, 0.2) is 10.7 Å². The van der Waals surface area contributed by atoms with Gasteiger partial charge in [-0.25, -0.2) is 4.98 Å². The fraction of sp³-hybridized carbons (Fsp3) is 0.130. The van der Waals surface area contributed by atoms with E-state index in [4.69, 9.17) is 0 Å². The Morgan fingerprint density at radius 3 is 2.37 bits per heavy atom. The Labute approximate surface area is 162 Å². The summed E-state index contributed by atoms with van der Waals surface area (Å²) in [5, 5.41) is 0.686. The van der Waals surface area contributed by atoms with E-state index in [1.165, 1.54) is 16.9 Å². The van der Waals surface area contributed by atoms with Gasteiger partial charge in [-0.3, -0.25) is 4.79 Å². The first kappa shape index (κ1) is 17.3. The smallest absolute Gasteiger partial charge is 0.204 e. The molecule has 0 bridgehead atoms. The van der Waals surface area contributed by atoms with Crippen LogP contribution in [0.1, 0.15) is 21.7 Å². The number of pyridine rings is 1. The van der Waals surface area contributed by atoms with Gasteiger partial charge in [0.25, 0.3) is 0 Å². The summed E-state index contributed by atoms with van der Waals surface area (Å²) >= 11 is 1.38. The summed E-state index contributed by atoms with van der Waals surface area (Å²) in [4.78, 5) is 17.5. The normalized spacial score (nSPS) is 10.6. The van der Waals surface area contributed by atoms with Gasteiger partial charge in [0, 0.05) is 31.6 Å². The highest BCUT2D eigenvalue weighted by molar-refractivity contribution is 7.18. The molecule has 0 amide bonds. The molecule has 0 N–H and O–H groups in total. The van der Waals surface area contributed by atoms with Crippen molar-refractivity contribution in [1.29, 1.82) is 0 Å². The van der Waals surface area contributed by atoms with E-state index in [9.17, 15) is 4.79 Å². The molecule has 132 valence electrons. The van der Waals surface area contributed by atoms with Crippen LogP contribution in [0.4, 0.5) is 0 Å². The molecule has 4 rings (SSSR count). The van der Waals surface area contributed by atoms with Gasteiger partial charge in [-0.15, -0.1) is 0 Å².